The van der Waals surface area contributed by atoms with E-state index in [0.717, 1.165) is 0 Å². The van der Waals surface area contributed by atoms with Gasteiger partial charge in [-0.15, -0.1) is 0 Å². The van der Waals surface area contributed by atoms with E-state index in [0.29, 0.717) is 13.2 Å². The van der Waals surface area contributed by atoms with Crippen LogP contribution in [0.3, 0.4) is 0 Å². The summed E-state index contributed by atoms with van der Waals surface area (Å²) < 4.78 is 5.25. The molecule has 0 aliphatic carbocycles. The maximum atomic E-state index is 12.1. The normalized spacial score (nSPS) is 32.3. The van der Waals surface area contributed by atoms with Gasteiger partial charge in [-0.2, -0.15) is 0 Å². The third kappa shape index (κ3) is 1.77. The summed E-state index contributed by atoms with van der Waals surface area (Å²) in [5, 5.41) is 0. The monoisotopic (exact) mass is 200 g/mol. The highest BCUT2D eigenvalue weighted by Gasteiger charge is 2.46. The maximum absolute atomic E-state index is 12.1. The van der Waals surface area contributed by atoms with Crippen molar-refractivity contribution in [1.82, 2.24) is 4.90 Å². The molecule has 1 fully saturated rings. The molecule has 2 N–H and O–H groups in total. The molecule has 0 saturated carbocycles. The van der Waals surface area contributed by atoms with Gasteiger partial charge in [0.25, 0.3) is 0 Å². The van der Waals surface area contributed by atoms with Crippen LogP contribution in [0.1, 0.15) is 20.8 Å². The number of hydrogen-bond donors (Lipinski definition) is 1. The minimum Gasteiger partial charge on any atom is -0.379 e. The second-order valence-electron chi connectivity index (χ2n) is 4.55. The first-order valence-electron chi connectivity index (χ1n) is 5.00. The lowest BCUT2D eigenvalue weighted by Gasteiger charge is -2.33. The fourth-order valence-electron chi connectivity index (χ4n) is 1.55. The van der Waals surface area contributed by atoms with Crippen LogP contribution in [0.25, 0.3) is 0 Å². The number of carbonyl (C=O) groups excluding carboxylic acids is 1. The Morgan fingerprint density at radius 3 is 2.57 bits per heavy atom. The third-order valence-corrected chi connectivity index (χ3v) is 3.10. The largest absolute Gasteiger partial charge is 0.379 e. The molecule has 1 saturated heterocycles. The molecule has 4 nitrogen and oxygen atoms in total. The third-order valence-electron chi connectivity index (χ3n) is 3.10. The lowest BCUT2D eigenvalue weighted by Crippen LogP contribution is -2.52. The second kappa shape index (κ2) is 3.87. The van der Waals surface area contributed by atoms with Crippen LogP contribution in [0.2, 0.25) is 0 Å². The first kappa shape index (κ1) is 11.5. The Kier molecular flexibility index (Phi) is 3.17. The average Bonchev–Trinajstić information content (AvgIpc) is 2.46. The van der Waals surface area contributed by atoms with Gasteiger partial charge in [0.05, 0.1) is 18.6 Å². The molecule has 82 valence electrons. The van der Waals surface area contributed by atoms with Crippen molar-refractivity contribution in [3.8, 4) is 0 Å². The van der Waals surface area contributed by atoms with Crippen LogP contribution < -0.4 is 5.73 Å². The molecule has 14 heavy (non-hydrogen) atoms. The fourth-order valence-corrected chi connectivity index (χ4v) is 1.55. The zero-order chi connectivity index (χ0) is 10.9. The zero-order valence-corrected chi connectivity index (χ0v) is 9.41. The Morgan fingerprint density at radius 1 is 1.64 bits per heavy atom. The van der Waals surface area contributed by atoms with E-state index in [1.54, 1.807) is 4.90 Å². The van der Waals surface area contributed by atoms with Gasteiger partial charge in [-0.25, -0.2) is 0 Å². The van der Waals surface area contributed by atoms with Crippen molar-refractivity contribution < 1.29 is 9.53 Å². The van der Waals surface area contributed by atoms with Crippen molar-refractivity contribution >= 4 is 5.91 Å². The number of rotatable bonds is 2. The van der Waals surface area contributed by atoms with Crippen molar-refractivity contribution in [2.75, 3.05) is 20.3 Å². The molecule has 0 spiro atoms. The molecule has 1 aliphatic rings. The summed E-state index contributed by atoms with van der Waals surface area (Å²) in [7, 11) is 1.81. The van der Waals surface area contributed by atoms with Gasteiger partial charge in [-0.3, -0.25) is 4.79 Å². The van der Waals surface area contributed by atoms with E-state index >= 15 is 0 Å². The molecule has 1 amide bonds. The van der Waals surface area contributed by atoms with E-state index in [2.05, 4.69) is 0 Å². The van der Waals surface area contributed by atoms with Gasteiger partial charge in [-0.1, -0.05) is 0 Å². The second-order valence-corrected chi connectivity index (χ2v) is 4.55. The number of nitrogens with two attached hydrogens (primary N) is 1. The Bertz CT molecular complexity index is 230. The fraction of sp³-hybridized carbons (Fsp3) is 0.900. The van der Waals surface area contributed by atoms with Crippen LogP contribution >= 0.6 is 0 Å². The number of nitrogens with zero attached hydrogens (tertiary/aromatic N) is 1. The van der Waals surface area contributed by atoms with Gasteiger partial charge in [0.15, 0.2) is 0 Å². The van der Waals surface area contributed by atoms with Gasteiger partial charge < -0.3 is 15.4 Å². The van der Waals surface area contributed by atoms with Gasteiger partial charge in [0.2, 0.25) is 5.91 Å². The lowest BCUT2D eigenvalue weighted by molar-refractivity contribution is -0.141. The molecule has 0 aromatic heterocycles. The van der Waals surface area contributed by atoms with Crippen molar-refractivity contribution in [2.24, 2.45) is 11.1 Å². The highest BCUT2D eigenvalue weighted by atomic mass is 16.5. The van der Waals surface area contributed by atoms with Gasteiger partial charge in [0.1, 0.15) is 0 Å². The van der Waals surface area contributed by atoms with Crippen molar-refractivity contribution in [2.45, 2.75) is 32.9 Å². The quantitative estimate of drug-likeness (QED) is 0.693. The van der Waals surface area contributed by atoms with Crippen molar-refractivity contribution in [3.05, 3.63) is 0 Å². The maximum Gasteiger partial charge on any atom is 0.232 e. The summed E-state index contributed by atoms with van der Waals surface area (Å²) in [6, 6.07) is 0.0170. The molecular formula is C10H20N2O2. The predicted octanol–water partition coefficient (Wildman–Crippen LogP) is 0.217. The van der Waals surface area contributed by atoms with E-state index in [4.69, 9.17) is 10.5 Å². The highest BCUT2D eigenvalue weighted by Crippen LogP contribution is 2.29. The van der Waals surface area contributed by atoms with Crippen LogP contribution in [0.15, 0.2) is 0 Å². The molecular weight excluding hydrogens is 180 g/mol. The lowest BCUT2D eigenvalue weighted by atomic mass is 9.84. The smallest absolute Gasteiger partial charge is 0.232 e. The molecule has 0 radical (unpaired) electrons. The minimum atomic E-state index is -0.543. The average molecular weight is 200 g/mol. The standard InChI is InChI=1S/C10H20N2O2/c1-7(2)12(4)9(13)10(3)6-14-5-8(10)11/h7-8H,5-6,11H2,1-4H3. The summed E-state index contributed by atoms with van der Waals surface area (Å²) in [6.45, 7) is 6.77. The Morgan fingerprint density at radius 2 is 2.21 bits per heavy atom. The van der Waals surface area contributed by atoms with Crippen LogP contribution in [-0.2, 0) is 9.53 Å². The van der Waals surface area contributed by atoms with Gasteiger partial charge in [0, 0.05) is 19.1 Å². The van der Waals surface area contributed by atoms with E-state index in [1.807, 2.05) is 27.8 Å². The summed E-state index contributed by atoms with van der Waals surface area (Å²) >= 11 is 0. The molecule has 0 aromatic carbocycles. The summed E-state index contributed by atoms with van der Waals surface area (Å²) in [5.41, 5.74) is 5.34. The van der Waals surface area contributed by atoms with E-state index in [1.165, 1.54) is 0 Å². The molecule has 0 bridgehead atoms. The number of ether oxygens (including phenoxy) is 1. The van der Waals surface area contributed by atoms with Gasteiger partial charge in [-0.05, 0) is 20.8 Å². The van der Waals surface area contributed by atoms with Gasteiger partial charge >= 0.3 is 0 Å². The topological polar surface area (TPSA) is 55.6 Å². The zero-order valence-electron chi connectivity index (χ0n) is 9.41. The van der Waals surface area contributed by atoms with E-state index < -0.39 is 5.41 Å². The highest BCUT2D eigenvalue weighted by molar-refractivity contribution is 5.83. The SMILES string of the molecule is CC(C)N(C)C(=O)C1(C)COCC1N. The van der Waals surface area contributed by atoms with Crippen LogP contribution in [0.5, 0.6) is 0 Å². The molecule has 1 rings (SSSR count). The van der Waals surface area contributed by atoms with Crippen molar-refractivity contribution in [1.29, 1.82) is 0 Å². The summed E-state index contributed by atoms with van der Waals surface area (Å²) in [4.78, 5) is 13.8. The first-order valence-corrected chi connectivity index (χ1v) is 5.00. The van der Waals surface area contributed by atoms with Crippen LogP contribution in [-0.4, -0.2) is 43.2 Å². The number of carbonyl (C=O) groups is 1. The number of hydrogen-bond acceptors (Lipinski definition) is 3. The molecule has 0 aromatic rings. The van der Waals surface area contributed by atoms with Crippen molar-refractivity contribution in [3.63, 3.8) is 0 Å². The molecule has 2 unspecified atom stereocenters. The molecule has 4 heteroatoms. The minimum absolute atomic E-state index is 0.0810. The Hall–Kier alpha value is -0.610. The van der Waals surface area contributed by atoms with E-state index in [-0.39, 0.29) is 18.0 Å². The first-order chi connectivity index (χ1) is 6.39. The summed E-state index contributed by atoms with van der Waals surface area (Å²) in [6.07, 6.45) is 0. The molecule has 1 aliphatic heterocycles. The predicted molar refractivity (Wildman–Crippen MR) is 54.8 cm³/mol. The number of amides is 1. The molecule has 1 heterocycles. The summed E-state index contributed by atoms with van der Waals surface area (Å²) in [5.74, 6) is 0.0810. The Balaban J connectivity index is 2.77. The Labute approximate surface area is 85.4 Å². The van der Waals surface area contributed by atoms with E-state index in [9.17, 15) is 4.79 Å². The molecule has 2 atom stereocenters. The van der Waals surface area contributed by atoms with Crippen LogP contribution in [0, 0.1) is 5.41 Å². The van der Waals surface area contributed by atoms with Crippen LogP contribution in [0.4, 0.5) is 0 Å².